The van der Waals surface area contributed by atoms with E-state index in [0.29, 0.717) is 40.9 Å². The monoisotopic (exact) mass is 394 g/mol. The molecule has 2 rings (SSSR count). The molecule has 138 valence electrons. The van der Waals surface area contributed by atoms with Gasteiger partial charge in [-0.1, -0.05) is 41.4 Å². The zero-order valence-corrected chi connectivity index (χ0v) is 15.9. The minimum Gasteiger partial charge on any atom is -0.383 e. The van der Waals surface area contributed by atoms with Crippen LogP contribution >= 0.6 is 23.2 Å². The smallest absolute Gasteiger partial charge is 0.253 e. The Balaban J connectivity index is 2.00. The maximum atomic E-state index is 12.3. The molecule has 0 aliphatic rings. The number of halogens is 2. The zero-order valence-electron chi connectivity index (χ0n) is 14.4. The fourth-order valence-corrected chi connectivity index (χ4v) is 2.96. The Hall–Kier alpha value is -2.08. The third-order valence-corrected chi connectivity index (χ3v) is 4.41. The van der Waals surface area contributed by atoms with Crippen LogP contribution in [0.5, 0.6) is 0 Å². The summed E-state index contributed by atoms with van der Waals surface area (Å²) in [4.78, 5) is 24.5. The van der Waals surface area contributed by atoms with Crippen LogP contribution in [0.2, 0.25) is 10.0 Å². The lowest BCUT2D eigenvalue weighted by Crippen LogP contribution is -2.28. The second kappa shape index (κ2) is 10.2. The SMILES string of the molecule is COCCNC(=O)c1ccccc1NC(=O)CCc1c(Cl)cccc1Cl. The van der Waals surface area contributed by atoms with E-state index in [-0.39, 0.29) is 18.2 Å². The van der Waals surface area contributed by atoms with E-state index in [1.165, 1.54) is 0 Å². The third-order valence-electron chi connectivity index (χ3n) is 3.70. The number of amides is 2. The summed E-state index contributed by atoms with van der Waals surface area (Å²) in [5.41, 5.74) is 1.59. The van der Waals surface area contributed by atoms with Crippen LogP contribution < -0.4 is 10.6 Å². The van der Waals surface area contributed by atoms with E-state index in [4.69, 9.17) is 27.9 Å². The van der Waals surface area contributed by atoms with Gasteiger partial charge in [0.05, 0.1) is 17.9 Å². The highest BCUT2D eigenvalue weighted by Crippen LogP contribution is 2.25. The molecule has 0 spiro atoms. The van der Waals surface area contributed by atoms with Gasteiger partial charge in [-0.2, -0.15) is 0 Å². The van der Waals surface area contributed by atoms with E-state index >= 15 is 0 Å². The van der Waals surface area contributed by atoms with Crippen LogP contribution in [0.25, 0.3) is 0 Å². The molecule has 0 atom stereocenters. The van der Waals surface area contributed by atoms with Crippen LogP contribution in [-0.4, -0.2) is 32.1 Å². The van der Waals surface area contributed by atoms with Crippen LogP contribution in [0.15, 0.2) is 42.5 Å². The first-order chi connectivity index (χ1) is 12.5. The molecule has 0 aromatic heterocycles. The number of nitrogens with one attached hydrogen (secondary N) is 2. The van der Waals surface area contributed by atoms with Crippen molar-refractivity contribution in [2.45, 2.75) is 12.8 Å². The fraction of sp³-hybridized carbons (Fsp3) is 0.263. The highest BCUT2D eigenvalue weighted by molar-refractivity contribution is 6.36. The number of para-hydroxylation sites is 1. The number of carbonyl (C=O) groups is 2. The number of benzene rings is 2. The lowest BCUT2D eigenvalue weighted by atomic mass is 10.1. The molecule has 0 aliphatic heterocycles. The molecule has 2 aromatic carbocycles. The van der Waals surface area contributed by atoms with Gasteiger partial charge in [0.15, 0.2) is 0 Å². The molecule has 0 unspecified atom stereocenters. The number of hydrogen-bond acceptors (Lipinski definition) is 3. The van der Waals surface area contributed by atoms with Gasteiger partial charge in [0.1, 0.15) is 0 Å². The Morgan fingerprint density at radius 2 is 1.73 bits per heavy atom. The lowest BCUT2D eigenvalue weighted by molar-refractivity contribution is -0.116. The van der Waals surface area contributed by atoms with Crippen molar-refractivity contribution in [3.05, 3.63) is 63.6 Å². The van der Waals surface area contributed by atoms with E-state index in [1.807, 2.05) is 0 Å². The summed E-state index contributed by atoms with van der Waals surface area (Å²) >= 11 is 12.2. The van der Waals surface area contributed by atoms with Crippen molar-refractivity contribution in [1.82, 2.24) is 5.32 Å². The molecule has 0 radical (unpaired) electrons. The normalized spacial score (nSPS) is 10.4. The lowest BCUT2D eigenvalue weighted by Gasteiger charge is -2.12. The van der Waals surface area contributed by atoms with Gasteiger partial charge in [0, 0.05) is 30.1 Å². The van der Waals surface area contributed by atoms with E-state index in [2.05, 4.69) is 10.6 Å². The predicted octanol–water partition coefficient (Wildman–Crippen LogP) is 3.94. The minimum absolute atomic E-state index is 0.198. The molecule has 2 N–H and O–H groups in total. The van der Waals surface area contributed by atoms with Crippen LogP contribution in [0.1, 0.15) is 22.3 Å². The van der Waals surface area contributed by atoms with Crippen molar-refractivity contribution < 1.29 is 14.3 Å². The van der Waals surface area contributed by atoms with Crippen molar-refractivity contribution in [3.63, 3.8) is 0 Å². The average molecular weight is 395 g/mol. The minimum atomic E-state index is -0.271. The predicted molar refractivity (Wildman–Crippen MR) is 104 cm³/mol. The molecular weight excluding hydrogens is 375 g/mol. The van der Waals surface area contributed by atoms with Gasteiger partial charge in [0.25, 0.3) is 5.91 Å². The Kier molecular flexibility index (Phi) is 7.91. The molecule has 5 nitrogen and oxygen atoms in total. The van der Waals surface area contributed by atoms with Crippen LogP contribution in [0, 0.1) is 0 Å². The summed E-state index contributed by atoms with van der Waals surface area (Å²) in [7, 11) is 1.56. The molecule has 7 heteroatoms. The van der Waals surface area contributed by atoms with E-state index in [1.54, 1.807) is 49.6 Å². The van der Waals surface area contributed by atoms with E-state index in [9.17, 15) is 9.59 Å². The summed E-state index contributed by atoms with van der Waals surface area (Å²) in [5, 5.41) is 6.57. The molecule has 0 heterocycles. The topological polar surface area (TPSA) is 67.4 Å². The number of methoxy groups -OCH3 is 1. The largest absolute Gasteiger partial charge is 0.383 e. The van der Waals surface area contributed by atoms with Crippen molar-refractivity contribution in [1.29, 1.82) is 0 Å². The number of carbonyl (C=O) groups excluding carboxylic acids is 2. The summed E-state index contributed by atoms with van der Waals surface area (Å²) in [6, 6.07) is 12.1. The fourth-order valence-electron chi connectivity index (χ4n) is 2.37. The van der Waals surface area contributed by atoms with Gasteiger partial charge in [-0.3, -0.25) is 9.59 Å². The van der Waals surface area contributed by atoms with E-state index in [0.717, 1.165) is 5.56 Å². The van der Waals surface area contributed by atoms with Crippen LogP contribution in [0.3, 0.4) is 0 Å². The molecule has 2 aromatic rings. The molecular formula is C19H20Cl2N2O3. The number of ether oxygens (including phenoxy) is 1. The first-order valence-corrected chi connectivity index (χ1v) is 8.87. The Morgan fingerprint density at radius 1 is 1.04 bits per heavy atom. The Labute approximate surface area is 162 Å². The van der Waals surface area contributed by atoms with Gasteiger partial charge in [0.2, 0.25) is 5.91 Å². The van der Waals surface area contributed by atoms with Crippen molar-refractivity contribution in [2.75, 3.05) is 25.6 Å². The Morgan fingerprint density at radius 3 is 2.42 bits per heavy atom. The van der Waals surface area contributed by atoms with Crippen LogP contribution in [-0.2, 0) is 16.0 Å². The molecule has 0 saturated heterocycles. The standard InChI is InChI=1S/C19H20Cl2N2O3/c1-26-12-11-22-19(25)14-5-2-3-8-17(14)23-18(24)10-9-13-15(20)6-4-7-16(13)21/h2-8H,9-12H2,1H3,(H,22,25)(H,23,24). The second-order valence-electron chi connectivity index (χ2n) is 5.54. The molecule has 2 amide bonds. The summed E-state index contributed by atoms with van der Waals surface area (Å²) in [5.74, 6) is -0.495. The number of hydrogen-bond donors (Lipinski definition) is 2. The number of rotatable bonds is 8. The molecule has 0 fully saturated rings. The zero-order chi connectivity index (χ0) is 18.9. The Bertz CT molecular complexity index is 761. The molecule has 26 heavy (non-hydrogen) atoms. The van der Waals surface area contributed by atoms with Gasteiger partial charge < -0.3 is 15.4 Å². The van der Waals surface area contributed by atoms with E-state index < -0.39 is 0 Å². The molecule has 0 bridgehead atoms. The highest BCUT2D eigenvalue weighted by Gasteiger charge is 2.14. The number of anilines is 1. The van der Waals surface area contributed by atoms with Crippen LogP contribution in [0.4, 0.5) is 5.69 Å². The first-order valence-electron chi connectivity index (χ1n) is 8.12. The van der Waals surface area contributed by atoms with Gasteiger partial charge in [-0.15, -0.1) is 0 Å². The summed E-state index contributed by atoms with van der Waals surface area (Å²) in [6.07, 6.45) is 0.607. The van der Waals surface area contributed by atoms with Crippen molar-refractivity contribution in [2.24, 2.45) is 0 Å². The third kappa shape index (κ3) is 5.73. The highest BCUT2D eigenvalue weighted by atomic mass is 35.5. The maximum absolute atomic E-state index is 12.3. The summed E-state index contributed by atoms with van der Waals surface area (Å²) in [6.45, 7) is 0.807. The van der Waals surface area contributed by atoms with Crippen molar-refractivity contribution in [3.8, 4) is 0 Å². The van der Waals surface area contributed by atoms with Gasteiger partial charge >= 0.3 is 0 Å². The van der Waals surface area contributed by atoms with Crippen molar-refractivity contribution >= 4 is 40.7 Å². The van der Waals surface area contributed by atoms with Gasteiger partial charge in [-0.05, 0) is 36.2 Å². The molecule has 0 aliphatic carbocycles. The maximum Gasteiger partial charge on any atom is 0.253 e. The quantitative estimate of drug-likeness (QED) is 0.666. The second-order valence-corrected chi connectivity index (χ2v) is 6.36. The summed E-state index contributed by atoms with van der Waals surface area (Å²) < 4.78 is 4.91. The first kappa shape index (κ1) is 20.2. The van der Waals surface area contributed by atoms with Gasteiger partial charge in [-0.25, -0.2) is 0 Å². The molecule has 0 saturated carbocycles. The average Bonchev–Trinajstić information content (AvgIpc) is 2.62.